The quantitative estimate of drug-likeness (QED) is 0.678. The van der Waals surface area contributed by atoms with Crippen molar-refractivity contribution in [1.82, 2.24) is 19.5 Å². The molecule has 1 amide bonds. The maximum absolute atomic E-state index is 12.3. The summed E-state index contributed by atoms with van der Waals surface area (Å²) in [6, 6.07) is 13.4. The molecule has 142 valence electrons. The normalized spacial score (nSPS) is 12.9. The van der Waals surface area contributed by atoms with Crippen molar-refractivity contribution in [2.75, 3.05) is 19.4 Å². The van der Waals surface area contributed by atoms with E-state index in [0.717, 1.165) is 9.15 Å². The van der Waals surface area contributed by atoms with Gasteiger partial charge in [0.05, 0.1) is 4.90 Å². The van der Waals surface area contributed by atoms with E-state index < -0.39 is 16.1 Å². The van der Waals surface area contributed by atoms with E-state index in [1.165, 1.54) is 32.3 Å². The lowest BCUT2D eigenvalue weighted by atomic mass is 10.3. The van der Waals surface area contributed by atoms with Crippen molar-refractivity contribution < 1.29 is 18.0 Å². The molecule has 0 saturated heterocycles. The number of para-hydroxylation sites is 1. The van der Waals surface area contributed by atoms with Crippen LogP contribution in [0.3, 0.4) is 0 Å². The number of amides is 1. The highest BCUT2D eigenvalue weighted by Crippen LogP contribution is 2.19. The third-order valence-corrected chi connectivity index (χ3v) is 5.64. The predicted octanol–water partition coefficient (Wildman–Crippen LogP) is 1.14. The molecule has 0 bridgehead atoms. The summed E-state index contributed by atoms with van der Waals surface area (Å²) in [5.41, 5.74) is 1.43. The second kappa shape index (κ2) is 7.33. The number of benzene rings is 2. The lowest BCUT2D eigenvalue weighted by Gasteiger charge is -2.14. The number of nitrogens with one attached hydrogen (secondary N) is 1. The summed E-state index contributed by atoms with van der Waals surface area (Å²) in [7, 11) is -0.727. The van der Waals surface area contributed by atoms with Crippen molar-refractivity contribution in [1.29, 1.82) is 0 Å². The molecule has 0 aliphatic heterocycles. The number of nitrogens with zero attached hydrogens (tertiary/aromatic N) is 4. The molecule has 0 unspecified atom stereocenters. The Morgan fingerprint density at radius 3 is 2.56 bits per heavy atom. The van der Waals surface area contributed by atoms with Crippen LogP contribution in [-0.2, 0) is 14.8 Å². The SMILES string of the molecule is C[C@H](On1nnc2ccc(S(=O)(=O)N(C)C)cc21)C(=O)Nc1ccccc1. The van der Waals surface area contributed by atoms with Crippen LogP contribution in [0.2, 0.25) is 0 Å². The van der Waals surface area contributed by atoms with Gasteiger partial charge in [-0.15, -0.1) is 5.10 Å². The molecule has 0 aliphatic carbocycles. The second-order valence-corrected chi connectivity index (χ2v) is 8.16. The van der Waals surface area contributed by atoms with Gasteiger partial charge in [0, 0.05) is 19.8 Å². The summed E-state index contributed by atoms with van der Waals surface area (Å²) in [4.78, 5) is 19.0. The fraction of sp³-hybridized carbons (Fsp3) is 0.235. The topological polar surface area (TPSA) is 106 Å². The molecule has 0 saturated carbocycles. The van der Waals surface area contributed by atoms with Gasteiger partial charge in [-0.25, -0.2) is 12.7 Å². The maximum atomic E-state index is 12.3. The van der Waals surface area contributed by atoms with Crippen molar-refractivity contribution in [2.24, 2.45) is 0 Å². The Morgan fingerprint density at radius 1 is 1.19 bits per heavy atom. The van der Waals surface area contributed by atoms with Crippen molar-refractivity contribution in [3.8, 4) is 0 Å². The van der Waals surface area contributed by atoms with Crippen LogP contribution in [0.25, 0.3) is 11.0 Å². The predicted molar refractivity (Wildman–Crippen MR) is 99.5 cm³/mol. The molecule has 1 atom stereocenters. The van der Waals surface area contributed by atoms with Gasteiger partial charge in [0.15, 0.2) is 0 Å². The third kappa shape index (κ3) is 3.91. The molecule has 9 nitrogen and oxygen atoms in total. The second-order valence-electron chi connectivity index (χ2n) is 6.00. The zero-order chi connectivity index (χ0) is 19.6. The summed E-state index contributed by atoms with van der Waals surface area (Å²) in [5.74, 6) is -0.373. The van der Waals surface area contributed by atoms with E-state index in [4.69, 9.17) is 4.84 Å². The van der Waals surface area contributed by atoms with E-state index >= 15 is 0 Å². The number of hydrogen-bond acceptors (Lipinski definition) is 6. The minimum Gasteiger partial charge on any atom is -0.382 e. The molecule has 1 N–H and O–H groups in total. The van der Waals surface area contributed by atoms with E-state index in [2.05, 4.69) is 15.6 Å². The average molecular weight is 389 g/mol. The van der Waals surface area contributed by atoms with Crippen LogP contribution in [0, 0.1) is 0 Å². The molecule has 1 heterocycles. The first-order valence-electron chi connectivity index (χ1n) is 8.10. The van der Waals surface area contributed by atoms with Crippen LogP contribution in [0.5, 0.6) is 0 Å². The lowest BCUT2D eigenvalue weighted by Crippen LogP contribution is -2.35. The lowest BCUT2D eigenvalue weighted by molar-refractivity contribution is -0.127. The van der Waals surface area contributed by atoms with Crippen molar-refractivity contribution in [3.63, 3.8) is 0 Å². The Morgan fingerprint density at radius 2 is 1.89 bits per heavy atom. The van der Waals surface area contributed by atoms with Gasteiger partial charge in [-0.1, -0.05) is 23.0 Å². The maximum Gasteiger partial charge on any atom is 0.267 e. The molecule has 2 aromatic carbocycles. The molecule has 0 spiro atoms. The number of aromatic nitrogens is 3. The van der Waals surface area contributed by atoms with Gasteiger partial charge in [0.2, 0.25) is 16.1 Å². The number of carbonyl (C=O) groups is 1. The van der Waals surface area contributed by atoms with E-state index in [0.29, 0.717) is 16.7 Å². The molecule has 27 heavy (non-hydrogen) atoms. The number of hydrogen-bond donors (Lipinski definition) is 1. The Balaban J connectivity index is 1.83. The minimum atomic E-state index is -3.62. The van der Waals surface area contributed by atoms with Crippen LogP contribution >= 0.6 is 0 Å². The molecule has 0 radical (unpaired) electrons. The summed E-state index contributed by atoms with van der Waals surface area (Å²) in [6.07, 6.45) is -0.885. The zero-order valence-electron chi connectivity index (χ0n) is 15.0. The molecule has 3 rings (SSSR count). The molecular weight excluding hydrogens is 370 g/mol. The Hall–Kier alpha value is -2.98. The zero-order valence-corrected chi connectivity index (χ0v) is 15.8. The average Bonchev–Trinajstić information content (AvgIpc) is 3.04. The first-order valence-corrected chi connectivity index (χ1v) is 9.54. The van der Waals surface area contributed by atoms with Crippen molar-refractivity contribution in [3.05, 3.63) is 48.5 Å². The smallest absolute Gasteiger partial charge is 0.267 e. The van der Waals surface area contributed by atoms with Crippen LogP contribution in [0.1, 0.15) is 6.92 Å². The molecule has 3 aromatic rings. The van der Waals surface area contributed by atoms with E-state index in [1.54, 1.807) is 31.2 Å². The van der Waals surface area contributed by atoms with Crippen LogP contribution in [-0.4, -0.2) is 54.0 Å². The monoisotopic (exact) mass is 389 g/mol. The van der Waals surface area contributed by atoms with E-state index in [9.17, 15) is 13.2 Å². The number of sulfonamides is 1. The molecule has 0 aliphatic rings. The largest absolute Gasteiger partial charge is 0.382 e. The van der Waals surface area contributed by atoms with Crippen molar-refractivity contribution >= 4 is 32.7 Å². The summed E-state index contributed by atoms with van der Waals surface area (Å²) in [5, 5.41) is 10.5. The van der Waals surface area contributed by atoms with Gasteiger partial charge in [-0.2, -0.15) is 0 Å². The molecule has 10 heteroatoms. The number of carbonyl (C=O) groups excluding carboxylic acids is 1. The first kappa shape index (κ1) is 18.8. The first-order chi connectivity index (χ1) is 12.8. The van der Waals surface area contributed by atoms with Crippen LogP contribution < -0.4 is 10.2 Å². The fourth-order valence-corrected chi connectivity index (χ4v) is 3.21. The summed E-state index contributed by atoms with van der Waals surface area (Å²) in [6.45, 7) is 1.56. The highest BCUT2D eigenvalue weighted by atomic mass is 32.2. The molecule has 0 fully saturated rings. The highest BCUT2D eigenvalue weighted by molar-refractivity contribution is 7.89. The highest BCUT2D eigenvalue weighted by Gasteiger charge is 2.21. The van der Waals surface area contributed by atoms with Gasteiger partial charge in [-0.05, 0) is 42.5 Å². The van der Waals surface area contributed by atoms with Crippen molar-refractivity contribution in [2.45, 2.75) is 17.9 Å². The van der Waals surface area contributed by atoms with Crippen LogP contribution in [0.15, 0.2) is 53.4 Å². The fourth-order valence-electron chi connectivity index (χ4n) is 2.29. The van der Waals surface area contributed by atoms with Gasteiger partial charge in [0.1, 0.15) is 11.0 Å². The number of rotatable bonds is 6. The van der Waals surface area contributed by atoms with E-state index in [-0.39, 0.29) is 10.8 Å². The van der Waals surface area contributed by atoms with Crippen LogP contribution in [0.4, 0.5) is 5.69 Å². The summed E-state index contributed by atoms with van der Waals surface area (Å²) >= 11 is 0. The minimum absolute atomic E-state index is 0.0774. The van der Waals surface area contributed by atoms with Gasteiger partial charge in [-0.3, -0.25) is 4.79 Å². The number of anilines is 1. The molecular formula is C17H19N5O4S. The Labute approximate surface area is 156 Å². The number of fused-ring (bicyclic) bond motifs is 1. The Kier molecular flexibility index (Phi) is 5.10. The molecule has 1 aromatic heterocycles. The van der Waals surface area contributed by atoms with Gasteiger partial charge < -0.3 is 10.2 Å². The Bertz CT molecular complexity index is 1060. The third-order valence-electron chi connectivity index (χ3n) is 3.83. The van der Waals surface area contributed by atoms with Gasteiger partial charge in [0.25, 0.3) is 5.91 Å². The van der Waals surface area contributed by atoms with Gasteiger partial charge >= 0.3 is 0 Å². The summed E-state index contributed by atoms with van der Waals surface area (Å²) < 4.78 is 25.7. The standard InChI is InChI=1S/C17H19N5O4S/c1-12(17(23)18-13-7-5-4-6-8-13)26-22-16-11-14(27(24,25)21(2)3)9-10-15(16)19-20-22/h4-12H,1-3H3,(H,18,23)/t12-/m0/s1. The van der Waals surface area contributed by atoms with E-state index in [1.807, 2.05) is 6.07 Å².